The number of carbonyl (C=O) groups is 3. The van der Waals surface area contributed by atoms with Crippen LogP contribution in [-0.4, -0.2) is 41.0 Å². The van der Waals surface area contributed by atoms with E-state index in [0.717, 1.165) is 59.2 Å². The Labute approximate surface area is 247 Å². The maximum Gasteiger partial charge on any atom is 0.408 e. The van der Waals surface area contributed by atoms with Gasteiger partial charge in [0.05, 0.1) is 0 Å². The van der Waals surface area contributed by atoms with Crippen LogP contribution in [0.3, 0.4) is 0 Å². The average Bonchev–Trinajstić information content (AvgIpc) is 2.86. The van der Waals surface area contributed by atoms with E-state index in [1.54, 1.807) is 25.7 Å². The van der Waals surface area contributed by atoms with Gasteiger partial charge in [-0.25, -0.2) is 4.79 Å². The van der Waals surface area contributed by atoms with Crippen molar-refractivity contribution in [3.05, 3.63) is 64.2 Å². The Kier molecular flexibility index (Phi) is 12.4. The summed E-state index contributed by atoms with van der Waals surface area (Å²) in [5.74, 6) is -0.809. The number of benzene rings is 2. The zero-order chi connectivity index (χ0) is 30.9. The summed E-state index contributed by atoms with van der Waals surface area (Å²) in [6.45, 7) is 19.6. The number of nitrogens with zero attached hydrogens (tertiary/aromatic N) is 1. The molecule has 0 radical (unpaired) electrons. The molecule has 2 aromatic rings. The zero-order valence-electron chi connectivity index (χ0n) is 26.8. The van der Waals surface area contributed by atoms with Crippen molar-refractivity contribution in [2.45, 2.75) is 113 Å². The molecule has 3 amide bonds. The van der Waals surface area contributed by atoms with Gasteiger partial charge < -0.3 is 20.3 Å². The van der Waals surface area contributed by atoms with Crippen LogP contribution in [0.15, 0.2) is 36.4 Å². The Bertz CT molecular complexity index is 1180. The number of rotatable bonds is 12. The number of aryl methyl sites for hydroxylation is 4. The summed E-state index contributed by atoms with van der Waals surface area (Å²) in [6, 6.07) is 10.1. The molecule has 0 aromatic heterocycles. The Morgan fingerprint density at radius 3 is 2.07 bits per heavy atom. The monoisotopic (exact) mass is 565 g/mol. The van der Waals surface area contributed by atoms with Gasteiger partial charge in [-0.15, -0.1) is 0 Å². The van der Waals surface area contributed by atoms with Crippen LogP contribution in [0.2, 0.25) is 0 Å². The van der Waals surface area contributed by atoms with Gasteiger partial charge in [0.1, 0.15) is 17.7 Å². The van der Waals surface area contributed by atoms with Crippen LogP contribution in [0.25, 0.3) is 0 Å². The minimum Gasteiger partial charge on any atom is -0.444 e. The second-order valence-electron chi connectivity index (χ2n) is 12.5. The molecule has 7 nitrogen and oxygen atoms in total. The highest BCUT2D eigenvalue weighted by atomic mass is 16.6. The van der Waals surface area contributed by atoms with E-state index in [-0.39, 0.29) is 17.7 Å². The van der Waals surface area contributed by atoms with Crippen molar-refractivity contribution in [1.82, 2.24) is 10.2 Å². The van der Waals surface area contributed by atoms with E-state index < -0.39 is 23.8 Å². The molecule has 2 aromatic carbocycles. The first kappa shape index (κ1) is 33.9. The second-order valence-corrected chi connectivity index (χ2v) is 12.5. The van der Waals surface area contributed by atoms with E-state index in [4.69, 9.17) is 4.74 Å². The van der Waals surface area contributed by atoms with E-state index in [1.165, 1.54) is 0 Å². The van der Waals surface area contributed by atoms with Gasteiger partial charge in [-0.2, -0.15) is 0 Å². The summed E-state index contributed by atoms with van der Waals surface area (Å²) < 4.78 is 5.49. The summed E-state index contributed by atoms with van der Waals surface area (Å²) in [6.07, 6.45) is 3.11. The highest BCUT2D eigenvalue weighted by Crippen LogP contribution is 2.30. The lowest BCUT2D eigenvalue weighted by Crippen LogP contribution is -2.54. The third-order valence-electron chi connectivity index (χ3n) is 7.15. The SMILES string of the molecule is CCCCCCN(C(=O)C(NC(=O)OC(C)(C)C)C(C)C)C(C(=O)Nc1c(C)cccc1C)c1ccc(C)cc1C. The third-order valence-corrected chi connectivity index (χ3v) is 7.15. The summed E-state index contributed by atoms with van der Waals surface area (Å²) in [4.78, 5) is 43.1. The Balaban J connectivity index is 2.62. The maximum absolute atomic E-state index is 14.4. The van der Waals surface area contributed by atoms with Gasteiger partial charge >= 0.3 is 6.09 Å². The van der Waals surface area contributed by atoms with Crippen molar-refractivity contribution in [2.75, 3.05) is 11.9 Å². The minimum absolute atomic E-state index is 0.227. The largest absolute Gasteiger partial charge is 0.444 e. The van der Waals surface area contributed by atoms with Crippen molar-refractivity contribution in [2.24, 2.45) is 5.92 Å². The van der Waals surface area contributed by atoms with Crippen LogP contribution in [0, 0.1) is 33.6 Å². The molecule has 0 aliphatic rings. The van der Waals surface area contributed by atoms with Gasteiger partial charge in [-0.05, 0) is 83.1 Å². The molecular formula is C34H51N3O4. The summed E-state index contributed by atoms with van der Waals surface area (Å²) in [7, 11) is 0. The molecule has 0 saturated carbocycles. The van der Waals surface area contributed by atoms with Crippen LogP contribution < -0.4 is 10.6 Å². The van der Waals surface area contributed by atoms with Crippen molar-refractivity contribution < 1.29 is 19.1 Å². The number of ether oxygens (including phenoxy) is 1. The van der Waals surface area contributed by atoms with Gasteiger partial charge in [0.2, 0.25) is 5.91 Å². The molecule has 41 heavy (non-hydrogen) atoms. The smallest absolute Gasteiger partial charge is 0.408 e. The molecule has 0 heterocycles. The van der Waals surface area contributed by atoms with Gasteiger partial charge in [0.15, 0.2) is 0 Å². The number of carbonyl (C=O) groups excluding carboxylic acids is 3. The van der Waals surface area contributed by atoms with E-state index in [2.05, 4.69) is 17.6 Å². The van der Waals surface area contributed by atoms with Crippen LogP contribution in [0.4, 0.5) is 10.5 Å². The topological polar surface area (TPSA) is 87.7 Å². The average molecular weight is 566 g/mol. The van der Waals surface area contributed by atoms with Crippen LogP contribution in [-0.2, 0) is 14.3 Å². The van der Waals surface area contributed by atoms with Crippen molar-refractivity contribution >= 4 is 23.6 Å². The van der Waals surface area contributed by atoms with E-state index in [0.29, 0.717) is 6.54 Å². The predicted molar refractivity (Wildman–Crippen MR) is 167 cm³/mol. The van der Waals surface area contributed by atoms with Crippen LogP contribution >= 0.6 is 0 Å². The number of amides is 3. The highest BCUT2D eigenvalue weighted by molar-refractivity contribution is 6.00. The molecule has 2 unspecified atom stereocenters. The lowest BCUT2D eigenvalue weighted by Gasteiger charge is -2.36. The summed E-state index contributed by atoms with van der Waals surface area (Å²) in [5, 5.41) is 5.96. The molecule has 0 spiro atoms. The highest BCUT2D eigenvalue weighted by Gasteiger charge is 2.38. The lowest BCUT2D eigenvalue weighted by molar-refractivity contribution is -0.141. The maximum atomic E-state index is 14.4. The lowest BCUT2D eigenvalue weighted by atomic mass is 9.94. The third kappa shape index (κ3) is 9.91. The zero-order valence-corrected chi connectivity index (χ0v) is 26.8. The molecule has 226 valence electrons. The Hall–Kier alpha value is -3.35. The van der Waals surface area contributed by atoms with Crippen LogP contribution in [0.5, 0.6) is 0 Å². The molecule has 7 heteroatoms. The Morgan fingerprint density at radius 1 is 0.902 bits per heavy atom. The first-order valence-corrected chi connectivity index (χ1v) is 14.9. The van der Waals surface area contributed by atoms with Gasteiger partial charge in [0.25, 0.3) is 5.91 Å². The van der Waals surface area contributed by atoms with E-state index in [9.17, 15) is 14.4 Å². The molecular weight excluding hydrogens is 514 g/mol. The Morgan fingerprint density at radius 2 is 1.54 bits per heavy atom. The number of anilines is 1. The number of hydrogen-bond acceptors (Lipinski definition) is 4. The van der Waals surface area contributed by atoms with E-state index >= 15 is 0 Å². The molecule has 0 saturated heterocycles. The van der Waals surface area contributed by atoms with Crippen molar-refractivity contribution in [3.63, 3.8) is 0 Å². The number of hydrogen-bond donors (Lipinski definition) is 2. The number of alkyl carbamates (subject to hydrolysis) is 1. The number of unbranched alkanes of at least 4 members (excludes halogenated alkanes) is 3. The van der Waals surface area contributed by atoms with Gasteiger partial charge in [0, 0.05) is 12.2 Å². The molecule has 0 fully saturated rings. The normalized spacial score (nSPS) is 13.0. The molecule has 2 atom stereocenters. The quantitative estimate of drug-likeness (QED) is 0.260. The predicted octanol–water partition coefficient (Wildman–Crippen LogP) is 7.56. The van der Waals surface area contributed by atoms with Gasteiger partial charge in [-0.1, -0.05) is 82.0 Å². The minimum atomic E-state index is -0.884. The number of para-hydroxylation sites is 1. The fraction of sp³-hybridized carbons (Fsp3) is 0.559. The fourth-order valence-corrected chi connectivity index (χ4v) is 4.99. The number of nitrogens with one attached hydrogen (secondary N) is 2. The summed E-state index contributed by atoms with van der Waals surface area (Å²) >= 11 is 0. The van der Waals surface area contributed by atoms with Crippen molar-refractivity contribution in [3.8, 4) is 0 Å². The molecule has 0 bridgehead atoms. The first-order chi connectivity index (χ1) is 19.2. The molecule has 0 aliphatic heterocycles. The molecule has 2 N–H and O–H groups in total. The molecule has 0 aliphatic carbocycles. The fourth-order valence-electron chi connectivity index (χ4n) is 4.99. The van der Waals surface area contributed by atoms with Gasteiger partial charge in [-0.3, -0.25) is 9.59 Å². The van der Waals surface area contributed by atoms with Crippen LogP contribution in [0.1, 0.15) is 101 Å². The second kappa shape index (κ2) is 15.0. The molecule has 2 rings (SSSR count). The summed E-state index contributed by atoms with van der Waals surface area (Å²) in [5.41, 5.74) is 4.71. The van der Waals surface area contributed by atoms with Crippen molar-refractivity contribution in [1.29, 1.82) is 0 Å². The van der Waals surface area contributed by atoms with E-state index in [1.807, 2.05) is 77.9 Å². The first-order valence-electron chi connectivity index (χ1n) is 14.9. The standard InChI is InChI=1S/C34H51N3O4/c1-11-12-13-14-20-37(32(39)28(22(2)3)36-33(40)41-34(8,9)10)30(27-19-18-23(4)21-26(27)7)31(38)35-29-24(5)16-15-17-25(29)6/h15-19,21-22,28,30H,11-14,20H2,1-10H3,(H,35,38)(H,36,40).